The van der Waals surface area contributed by atoms with Crippen LogP contribution in [0.25, 0.3) is 6.08 Å². The van der Waals surface area contributed by atoms with Gasteiger partial charge in [-0.05, 0) is 23.8 Å². The highest BCUT2D eigenvalue weighted by atomic mass is 16.5. The van der Waals surface area contributed by atoms with Gasteiger partial charge in [-0.3, -0.25) is 9.59 Å². The Labute approximate surface area is 105 Å². The fourth-order valence-electron chi connectivity index (χ4n) is 1.13. The van der Waals surface area contributed by atoms with Crippen molar-refractivity contribution in [2.45, 2.75) is 0 Å². The van der Waals surface area contributed by atoms with E-state index >= 15 is 0 Å². The highest BCUT2D eigenvalue weighted by Crippen LogP contribution is 2.04. The summed E-state index contributed by atoms with van der Waals surface area (Å²) in [6, 6.07) is 8.77. The number of hydrogen-bond donors (Lipinski definition) is 1. The third kappa shape index (κ3) is 4.49. The number of amides is 1. The number of nitrogens with zero attached hydrogens (tertiary/aromatic N) is 1. The Morgan fingerprint density at radius 1 is 1.39 bits per heavy atom. The Kier molecular flexibility index (Phi) is 5.13. The maximum atomic E-state index is 11.3. The number of carbonyl (C=O) groups is 2. The molecule has 5 nitrogen and oxygen atoms in total. The highest BCUT2D eigenvalue weighted by Gasteiger charge is 2.01. The van der Waals surface area contributed by atoms with Crippen molar-refractivity contribution < 1.29 is 14.3 Å². The van der Waals surface area contributed by atoms with Crippen molar-refractivity contribution in [3.63, 3.8) is 0 Å². The minimum atomic E-state index is -0.505. The van der Waals surface area contributed by atoms with Crippen LogP contribution in [0.15, 0.2) is 30.3 Å². The van der Waals surface area contributed by atoms with E-state index in [9.17, 15) is 9.59 Å². The molecule has 0 saturated heterocycles. The van der Waals surface area contributed by atoms with Gasteiger partial charge < -0.3 is 10.1 Å². The number of ether oxygens (including phenoxy) is 1. The van der Waals surface area contributed by atoms with Gasteiger partial charge in [0.25, 0.3) is 0 Å². The summed E-state index contributed by atoms with van der Waals surface area (Å²) in [5.74, 6) is -0.889. The second-order valence-electron chi connectivity index (χ2n) is 3.36. The molecular formula is C13H12N2O3. The number of nitrogens with one attached hydrogen (secondary N) is 1. The maximum absolute atomic E-state index is 11.3. The summed E-state index contributed by atoms with van der Waals surface area (Å²) in [6.07, 6.45) is 2.90. The first-order valence-electron chi connectivity index (χ1n) is 5.18. The number of benzene rings is 1. The molecule has 0 aliphatic heterocycles. The molecule has 0 aromatic heterocycles. The van der Waals surface area contributed by atoms with Gasteiger partial charge in [0, 0.05) is 6.08 Å². The minimum Gasteiger partial charge on any atom is -0.468 e. The van der Waals surface area contributed by atoms with Crippen LogP contribution in [0.5, 0.6) is 0 Å². The van der Waals surface area contributed by atoms with E-state index in [-0.39, 0.29) is 12.5 Å². The van der Waals surface area contributed by atoms with Gasteiger partial charge in [-0.15, -0.1) is 0 Å². The molecular weight excluding hydrogens is 232 g/mol. The molecule has 1 aromatic rings. The Balaban J connectivity index is 2.50. The van der Waals surface area contributed by atoms with E-state index in [1.54, 1.807) is 30.3 Å². The third-order valence-electron chi connectivity index (χ3n) is 2.10. The van der Waals surface area contributed by atoms with E-state index in [0.717, 1.165) is 5.56 Å². The van der Waals surface area contributed by atoms with Crippen LogP contribution in [-0.2, 0) is 14.3 Å². The smallest absolute Gasteiger partial charge is 0.325 e. The number of carbonyl (C=O) groups excluding carboxylic acids is 2. The Bertz CT molecular complexity index is 498. The number of rotatable bonds is 4. The van der Waals surface area contributed by atoms with Crippen molar-refractivity contribution in [2.24, 2.45) is 0 Å². The van der Waals surface area contributed by atoms with E-state index in [1.807, 2.05) is 6.07 Å². The quantitative estimate of drug-likeness (QED) is 0.629. The SMILES string of the molecule is COC(=O)CNC(=O)C=Cc1ccc(C#N)cc1. The summed E-state index contributed by atoms with van der Waals surface area (Å²) >= 11 is 0. The lowest BCUT2D eigenvalue weighted by Crippen LogP contribution is -2.28. The first kappa shape index (κ1) is 13.5. The summed E-state index contributed by atoms with van der Waals surface area (Å²) in [6.45, 7) is -0.160. The summed E-state index contributed by atoms with van der Waals surface area (Å²) in [5, 5.41) is 11.0. The van der Waals surface area contributed by atoms with Gasteiger partial charge in [-0.25, -0.2) is 0 Å². The summed E-state index contributed by atoms with van der Waals surface area (Å²) in [4.78, 5) is 22.1. The van der Waals surface area contributed by atoms with Crippen LogP contribution < -0.4 is 5.32 Å². The molecule has 5 heteroatoms. The molecule has 0 radical (unpaired) electrons. The lowest BCUT2D eigenvalue weighted by Gasteiger charge is -1.99. The van der Waals surface area contributed by atoms with Crippen LogP contribution in [0, 0.1) is 11.3 Å². The molecule has 0 aliphatic rings. The first-order valence-corrected chi connectivity index (χ1v) is 5.18. The van der Waals surface area contributed by atoms with Crippen LogP contribution in [0.3, 0.4) is 0 Å². The molecule has 1 rings (SSSR count). The molecule has 0 bridgehead atoms. The predicted octanol–water partition coefficient (Wildman–Crippen LogP) is 0.861. The standard InChI is InChI=1S/C13H12N2O3/c1-18-13(17)9-15-12(16)7-6-10-2-4-11(8-14)5-3-10/h2-7H,9H2,1H3,(H,15,16). The van der Waals surface area contributed by atoms with Crippen LogP contribution in [0.1, 0.15) is 11.1 Å². The fourth-order valence-corrected chi connectivity index (χ4v) is 1.13. The molecule has 0 aliphatic carbocycles. The molecule has 0 heterocycles. The zero-order valence-corrected chi connectivity index (χ0v) is 9.84. The monoisotopic (exact) mass is 244 g/mol. The topological polar surface area (TPSA) is 79.2 Å². The van der Waals surface area contributed by atoms with Crippen LogP contribution in [0.4, 0.5) is 0 Å². The Hall–Kier alpha value is -2.61. The van der Waals surface area contributed by atoms with Crippen LogP contribution >= 0.6 is 0 Å². The molecule has 1 N–H and O–H groups in total. The largest absolute Gasteiger partial charge is 0.468 e. The van der Waals surface area contributed by atoms with Gasteiger partial charge >= 0.3 is 5.97 Å². The number of esters is 1. The maximum Gasteiger partial charge on any atom is 0.325 e. The molecule has 18 heavy (non-hydrogen) atoms. The first-order chi connectivity index (χ1) is 8.65. The molecule has 0 saturated carbocycles. The number of methoxy groups -OCH3 is 1. The number of nitriles is 1. The molecule has 1 aromatic carbocycles. The summed E-state index contributed by atoms with van der Waals surface area (Å²) in [5.41, 5.74) is 1.35. The van der Waals surface area contributed by atoms with Crippen molar-refractivity contribution in [1.82, 2.24) is 5.32 Å². The average molecular weight is 244 g/mol. The lowest BCUT2D eigenvalue weighted by atomic mass is 10.1. The molecule has 1 amide bonds. The van der Waals surface area contributed by atoms with Crippen molar-refractivity contribution in [3.8, 4) is 6.07 Å². The van der Waals surface area contributed by atoms with Crippen molar-refractivity contribution in [3.05, 3.63) is 41.5 Å². The van der Waals surface area contributed by atoms with Gasteiger partial charge in [-0.2, -0.15) is 5.26 Å². The predicted molar refractivity (Wildman–Crippen MR) is 65.2 cm³/mol. The van der Waals surface area contributed by atoms with Gasteiger partial charge in [0.05, 0.1) is 18.7 Å². The van der Waals surface area contributed by atoms with Gasteiger partial charge in [0.1, 0.15) is 6.54 Å². The van der Waals surface area contributed by atoms with Crippen LogP contribution in [0.2, 0.25) is 0 Å². The van der Waals surface area contributed by atoms with Gasteiger partial charge in [-0.1, -0.05) is 12.1 Å². The van der Waals surface area contributed by atoms with E-state index in [2.05, 4.69) is 10.1 Å². The van der Waals surface area contributed by atoms with E-state index in [1.165, 1.54) is 13.2 Å². The Morgan fingerprint density at radius 3 is 2.61 bits per heavy atom. The van der Waals surface area contributed by atoms with E-state index in [0.29, 0.717) is 5.56 Å². The highest BCUT2D eigenvalue weighted by molar-refractivity contribution is 5.93. The molecule has 0 fully saturated rings. The van der Waals surface area contributed by atoms with E-state index in [4.69, 9.17) is 5.26 Å². The Morgan fingerprint density at radius 2 is 2.06 bits per heavy atom. The van der Waals surface area contributed by atoms with E-state index < -0.39 is 5.97 Å². The molecule has 0 unspecified atom stereocenters. The normalized spacial score (nSPS) is 9.78. The summed E-state index contributed by atoms with van der Waals surface area (Å²) < 4.78 is 4.38. The third-order valence-corrected chi connectivity index (χ3v) is 2.10. The second kappa shape index (κ2) is 6.86. The fraction of sp³-hybridized carbons (Fsp3) is 0.154. The van der Waals surface area contributed by atoms with Crippen molar-refractivity contribution in [2.75, 3.05) is 13.7 Å². The molecule has 92 valence electrons. The zero-order valence-electron chi connectivity index (χ0n) is 9.84. The second-order valence-corrected chi connectivity index (χ2v) is 3.36. The number of hydrogen-bond acceptors (Lipinski definition) is 4. The van der Waals surface area contributed by atoms with Crippen LogP contribution in [-0.4, -0.2) is 25.5 Å². The van der Waals surface area contributed by atoms with Crippen molar-refractivity contribution >= 4 is 18.0 Å². The molecule has 0 atom stereocenters. The van der Waals surface area contributed by atoms with Gasteiger partial charge in [0.15, 0.2) is 0 Å². The lowest BCUT2D eigenvalue weighted by molar-refractivity contribution is -0.140. The average Bonchev–Trinajstić information content (AvgIpc) is 2.42. The zero-order chi connectivity index (χ0) is 13.4. The van der Waals surface area contributed by atoms with Crippen molar-refractivity contribution in [1.29, 1.82) is 5.26 Å². The van der Waals surface area contributed by atoms with Gasteiger partial charge in [0.2, 0.25) is 5.91 Å². The minimum absolute atomic E-state index is 0.160. The molecule has 0 spiro atoms. The summed E-state index contributed by atoms with van der Waals surface area (Å²) in [7, 11) is 1.25.